The van der Waals surface area contributed by atoms with Crippen LogP contribution in [0.15, 0.2) is 60.7 Å². The molecule has 0 spiro atoms. The van der Waals surface area contributed by atoms with Gasteiger partial charge in [0.15, 0.2) is 0 Å². The monoisotopic (exact) mass is 309 g/mol. The molecular formula is C19H23N3O. The van der Waals surface area contributed by atoms with Crippen LogP contribution in [-0.4, -0.2) is 37.0 Å². The van der Waals surface area contributed by atoms with Gasteiger partial charge in [0.25, 0.3) is 0 Å². The topological polar surface area (TPSA) is 49.6 Å². The molecule has 1 fully saturated rings. The van der Waals surface area contributed by atoms with Crippen LogP contribution in [0.5, 0.6) is 0 Å². The summed E-state index contributed by atoms with van der Waals surface area (Å²) in [6.07, 6.45) is 0.370. The SMILES string of the molecule is NC(CC(=O)N1CCN(c2ccccc2)CC1)c1ccccc1. The Bertz CT molecular complexity index is 622. The number of para-hydroxylation sites is 1. The Balaban J connectivity index is 1.52. The van der Waals surface area contributed by atoms with Crippen LogP contribution in [0.3, 0.4) is 0 Å². The van der Waals surface area contributed by atoms with E-state index in [-0.39, 0.29) is 11.9 Å². The molecule has 3 rings (SSSR count). The molecule has 0 radical (unpaired) electrons. The highest BCUT2D eigenvalue weighted by Gasteiger charge is 2.22. The van der Waals surface area contributed by atoms with Crippen LogP contribution in [0.1, 0.15) is 18.0 Å². The van der Waals surface area contributed by atoms with E-state index in [1.165, 1.54) is 5.69 Å². The summed E-state index contributed by atoms with van der Waals surface area (Å²) >= 11 is 0. The van der Waals surface area contributed by atoms with Gasteiger partial charge in [-0.1, -0.05) is 48.5 Å². The molecule has 1 saturated heterocycles. The molecule has 1 heterocycles. The lowest BCUT2D eigenvalue weighted by molar-refractivity contribution is -0.131. The van der Waals surface area contributed by atoms with E-state index in [9.17, 15) is 4.79 Å². The molecule has 23 heavy (non-hydrogen) atoms. The van der Waals surface area contributed by atoms with Gasteiger partial charge in [0, 0.05) is 44.3 Å². The summed E-state index contributed by atoms with van der Waals surface area (Å²) in [4.78, 5) is 16.7. The molecule has 4 heteroatoms. The smallest absolute Gasteiger partial charge is 0.224 e. The minimum absolute atomic E-state index is 0.147. The highest BCUT2D eigenvalue weighted by atomic mass is 16.2. The predicted octanol–water partition coefficient (Wildman–Crippen LogP) is 2.43. The summed E-state index contributed by atoms with van der Waals surface area (Å²) in [6, 6.07) is 19.9. The molecular weight excluding hydrogens is 286 g/mol. The van der Waals surface area contributed by atoms with Crippen molar-refractivity contribution in [1.82, 2.24) is 4.90 Å². The van der Waals surface area contributed by atoms with Crippen molar-refractivity contribution in [2.24, 2.45) is 5.73 Å². The second-order valence-corrected chi connectivity index (χ2v) is 5.92. The lowest BCUT2D eigenvalue weighted by Crippen LogP contribution is -2.49. The van der Waals surface area contributed by atoms with E-state index in [2.05, 4.69) is 17.0 Å². The third-order valence-corrected chi connectivity index (χ3v) is 4.38. The van der Waals surface area contributed by atoms with E-state index < -0.39 is 0 Å². The summed E-state index contributed by atoms with van der Waals surface area (Å²) < 4.78 is 0. The molecule has 1 unspecified atom stereocenters. The van der Waals surface area contributed by atoms with Crippen LogP contribution in [-0.2, 0) is 4.79 Å². The fraction of sp³-hybridized carbons (Fsp3) is 0.316. The van der Waals surface area contributed by atoms with Crippen LogP contribution < -0.4 is 10.6 Å². The van der Waals surface area contributed by atoms with Crippen molar-refractivity contribution in [2.75, 3.05) is 31.1 Å². The van der Waals surface area contributed by atoms with Gasteiger partial charge in [0.2, 0.25) is 5.91 Å². The van der Waals surface area contributed by atoms with Crippen molar-refractivity contribution in [2.45, 2.75) is 12.5 Å². The van der Waals surface area contributed by atoms with Gasteiger partial charge < -0.3 is 15.5 Å². The maximum absolute atomic E-state index is 12.5. The molecule has 0 aromatic heterocycles. The number of hydrogen-bond donors (Lipinski definition) is 1. The first-order valence-corrected chi connectivity index (χ1v) is 8.12. The normalized spacial score (nSPS) is 16.2. The maximum atomic E-state index is 12.5. The Labute approximate surface area is 137 Å². The molecule has 2 aromatic carbocycles. The van der Waals surface area contributed by atoms with Crippen molar-refractivity contribution in [1.29, 1.82) is 0 Å². The van der Waals surface area contributed by atoms with E-state index in [0.29, 0.717) is 6.42 Å². The van der Waals surface area contributed by atoms with Gasteiger partial charge in [-0.25, -0.2) is 0 Å². The van der Waals surface area contributed by atoms with Crippen molar-refractivity contribution in [3.8, 4) is 0 Å². The Morgan fingerprint density at radius 2 is 1.48 bits per heavy atom. The quantitative estimate of drug-likeness (QED) is 0.943. The number of amides is 1. The van der Waals surface area contributed by atoms with Crippen LogP contribution in [0.4, 0.5) is 5.69 Å². The summed E-state index contributed by atoms with van der Waals surface area (Å²) in [5.74, 6) is 0.147. The van der Waals surface area contributed by atoms with Crippen molar-refractivity contribution >= 4 is 11.6 Å². The maximum Gasteiger partial charge on any atom is 0.224 e. The third kappa shape index (κ3) is 3.90. The van der Waals surface area contributed by atoms with Gasteiger partial charge >= 0.3 is 0 Å². The van der Waals surface area contributed by atoms with Gasteiger partial charge in [-0.15, -0.1) is 0 Å². The van der Waals surface area contributed by atoms with Crippen molar-refractivity contribution < 1.29 is 4.79 Å². The van der Waals surface area contributed by atoms with Gasteiger partial charge in [0.1, 0.15) is 0 Å². The lowest BCUT2D eigenvalue weighted by atomic mass is 10.0. The molecule has 1 atom stereocenters. The number of nitrogens with zero attached hydrogens (tertiary/aromatic N) is 2. The largest absolute Gasteiger partial charge is 0.368 e. The fourth-order valence-corrected chi connectivity index (χ4v) is 2.99. The Hall–Kier alpha value is -2.33. The van der Waals surface area contributed by atoms with Crippen molar-refractivity contribution in [3.05, 3.63) is 66.2 Å². The first kappa shape index (κ1) is 15.6. The summed E-state index contributed by atoms with van der Waals surface area (Å²) in [7, 11) is 0. The number of nitrogens with two attached hydrogens (primary N) is 1. The molecule has 1 aliphatic rings. The Morgan fingerprint density at radius 1 is 0.913 bits per heavy atom. The predicted molar refractivity (Wildman–Crippen MR) is 93.2 cm³/mol. The Morgan fingerprint density at radius 3 is 2.09 bits per heavy atom. The van der Waals surface area contributed by atoms with E-state index in [0.717, 1.165) is 31.7 Å². The molecule has 2 N–H and O–H groups in total. The number of benzene rings is 2. The third-order valence-electron chi connectivity index (χ3n) is 4.38. The van der Waals surface area contributed by atoms with Crippen LogP contribution in [0, 0.1) is 0 Å². The molecule has 1 aliphatic heterocycles. The minimum Gasteiger partial charge on any atom is -0.368 e. The van der Waals surface area contributed by atoms with E-state index >= 15 is 0 Å². The number of carbonyl (C=O) groups excluding carboxylic acids is 1. The molecule has 0 bridgehead atoms. The highest BCUT2D eigenvalue weighted by Crippen LogP contribution is 2.18. The number of rotatable bonds is 4. The zero-order valence-corrected chi connectivity index (χ0v) is 13.3. The second kappa shape index (κ2) is 7.29. The number of carbonyl (C=O) groups is 1. The Kier molecular flexibility index (Phi) is 4.93. The van der Waals surface area contributed by atoms with Crippen LogP contribution in [0.2, 0.25) is 0 Å². The van der Waals surface area contributed by atoms with Crippen molar-refractivity contribution in [3.63, 3.8) is 0 Å². The standard InChI is InChI=1S/C19H23N3O/c20-18(16-7-3-1-4-8-16)15-19(23)22-13-11-21(12-14-22)17-9-5-2-6-10-17/h1-10,18H,11-15,20H2. The number of anilines is 1. The van der Waals surface area contributed by atoms with Crippen LogP contribution in [0.25, 0.3) is 0 Å². The number of piperazine rings is 1. The first-order chi connectivity index (χ1) is 11.2. The molecule has 0 aliphatic carbocycles. The minimum atomic E-state index is -0.226. The van der Waals surface area contributed by atoms with Crippen LogP contribution >= 0.6 is 0 Å². The van der Waals surface area contributed by atoms with Gasteiger partial charge in [-0.05, 0) is 17.7 Å². The summed E-state index contributed by atoms with van der Waals surface area (Å²) in [5, 5.41) is 0. The number of hydrogen-bond acceptors (Lipinski definition) is 3. The van der Waals surface area contributed by atoms with E-state index in [1.807, 2.05) is 53.4 Å². The van der Waals surface area contributed by atoms with E-state index in [4.69, 9.17) is 5.73 Å². The molecule has 120 valence electrons. The molecule has 2 aromatic rings. The van der Waals surface area contributed by atoms with Gasteiger partial charge in [-0.3, -0.25) is 4.79 Å². The zero-order valence-electron chi connectivity index (χ0n) is 13.3. The molecule has 0 saturated carbocycles. The fourth-order valence-electron chi connectivity index (χ4n) is 2.99. The molecule has 1 amide bonds. The second-order valence-electron chi connectivity index (χ2n) is 5.92. The highest BCUT2D eigenvalue weighted by molar-refractivity contribution is 5.77. The first-order valence-electron chi connectivity index (χ1n) is 8.12. The summed E-state index contributed by atoms with van der Waals surface area (Å²) in [6.45, 7) is 3.26. The lowest BCUT2D eigenvalue weighted by Gasteiger charge is -2.36. The summed E-state index contributed by atoms with van der Waals surface area (Å²) in [5.41, 5.74) is 8.40. The average molecular weight is 309 g/mol. The van der Waals surface area contributed by atoms with Gasteiger partial charge in [-0.2, -0.15) is 0 Å². The average Bonchev–Trinajstić information content (AvgIpc) is 2.63. The van der Waals surface area contributed by atoms with E-state index in [1.54, 1.807) is 0 Å². The van der Waals surface area contributed by atoms with Gasteiger partial charge in [0.05, 0.1) is 0 Å². The molecule has 4 nitrogen and oxygen atoms in total. The zero-order chi connectivity index (χ0) is 16.1.